The molecule has 1 aromatic rings. The van der Waals surface area contributed by atoms with Crippen molar-refractivity contribution >= 4 is 23.5 Å². The highest BCUT2D eigenvalue weighted by Gasteiger charge is 2.38. The molecule has 0 unspecified atom stereocenters. The number of halogens is 4. The Morgan fingerprint density at radius 1 is 1.42 bits per heavy atom. The number of nitrogens with one attached hydrogen (secondary N) is 1. The van der Waals surface area contributed by atoms with Crippen LogP contribution in [0.5, 0.6) is 0 Å². The molecule has 1 aromatic carbocycles. The van der Waals surface area contributed by atoms with Crippen molar-refractivity contribution < 1.29 is 22.8 Å². The van der Waals surface area contributed by atoms with E-state index in [1.165, 1.54) is 21.9 Å². The molecule has 1 heterocycles. The van der Waals surface area contributed by atoms with Crippen LogP contribution in [0.4, 0.5) is 18.0 Å². The second-order valence-corrected chi connectivity index (χ2v) is 5.84. The first-order valence-corrected chi connectivity index (χ1v) is 7.68. The number of carbonyl (C=O) groups excluding carboxylic acids is 2. The van der Waals surface area contributed by atoms with Crippen LogP contribution in [0.1, 0.15) is 18.1 Å². The van der Waals surface area contributed by atoms with Gasteiger partial charge in [-0.2, -0.15) is 13.2 Å². The van der Waals surface area contributed by atoms with Gasteiger partial charge < -0.3 is 15.1 Å². The molecule has 0 saturated carbocycles. The molecular formula is C15H17ClF3N3O2. The van der Waals surface area contributed by atoms with Crippen LogP contribution in [0.25, 0.3) is 0 Å². The topological polar surface area (TPSA) is 52.7 Å². The van der Waals surface area contributed by atoms with E-state index >= 15 is 0 Å². The van der Waals surface area contributed by atoms with Crippen LogP contribution >= 0.6 is 11.6 Å². The summed E-state index contributed by atoms with van der Waals surface area (Å²) in [6.45, 7) is 2.20. The molecule has 2 rings (SSSR count). The summed E-state index contributed by atoms with van der Waals surface area (Å²) >= 11 is 5.79. The molecule has 0 aromatic heterocycles. The van der Waals surface area contributed by atoms with E-state index in [1.54, 1.807) is 14.0 Å². The number of rotatable bonds is 4. The zero-order valence-corrected chi connectivity index (χ0v) is 13.9. The lowest BCUT2D eigenvalue weighted by atomic mass is 10.1. The highest BCUT2D eigenvalue weighted by molar-refractivity contribution is 6.32. The summed E-state index contributed by atoms with van der Waals surface area (Å²) in [5.41, 5.74) is -0.776. The zero-order valence-electron chi connectivity index (χ0n) is 13.2. The maximum atomic E-state index is 12.8. The summed E-state index contributed by atoms with van der Waals surface area (Å²) < 4.78 is 38.5. The maximum Gasteiger partial charge on any atom is 0.417 e. The first kappa shape index (κ1) is 18.4. The number of carbonyl (C=O) groups is 2. The normalized spacial score (nSPS) is 18.2. The van der Waals surface area contributed by atoms with E-state index in [1.807, 2.05) is 0 Å². The summed E-state index contributed by atoms with van der Waals surface area (Å²) in [7, 11) is 1.59. The third kappa shape index (κ3) is 3.58. The molecule has 5 nitrogen and oxygen atoms in total. The number of benzene rings is 1. The molecule has 1 atom stereocenters. The van der Waals surface area contributed by atoms with E-state index in [9.17, 15) is 22.8 Å². The average Bonchev–Trinajstić information content (AvgIpc) is 2.80. The lowest BCUT2D eigenvalue weighted by Gasteiger charge is -2.21. The minimum atomic E-state index is -4.56. The summed E-state index contributed by atoms with van der Waals surface area (Å²) in [6.07, 6.45) is -4.56. The fourth-order valence-electron chi connectivity index (χ4n) is 2.60. The van der Waals surface area contributed by atoms with Crippen molar-refractivity contribution in [2.45, 2.75) is 25.7 Å². The SMILES string of the molecule is CCN1C(=O)N(C)C[C@H]1C(=O)NCc1cccc(C(F)(F)F)c1Cl. The molecular weight excluding hydrogens is 347 g/mol. The van der Waals surface area contributed by atoms with Gasteiger partial charge >= 0.3 is 12.2 Å². The van der Waals surface area contributed by atoms with Crippen LogP contribution in [0.15, 0.2) is 18.2 Å². The van der Waals surface area contributed by atoms with Crippen molar-refractivity contribution in [3.05, 3.63) is 34.3 Å². The van der Waals surface area contributed by atoms with Crippen molar-refractivity contribution in [3.63, 3.8) is 0 Å². The van der Waals surface area contributed by atoms with E-state index < -0.39 is 28.7 Å². The Bertz CT molecular complexity index is 651. The van der Waals surface area contributed by atoms with Gasteiger partial charge in [-0.3, -0.25) is 4.79 Å². The Balaban J connectivity index is 2.09. The van der Waals surface area contributed by atoms with E-state index in [0.717, 1.165) is 6.07 Å². The van der Waals surface area contributed by atoms with Crippen molar-refractivity contribution in [3.8, 4) is 0 Å². The molecule has 0 bridgehead atoms. The molecule has 3 amide bonds. The third-order valence-electron chi connectivity index (χ3n) is 3.88. The predicted octanol–water partition coefficient (Wildman–Crippen LogP) is 2.73. The summed E-state index contributed by atoms with van der Waals surface area (Å²) in [4.78, 5) is 27.0. The van der Waals surface area contributed by atoms with Gasteiger partial charge in [-0.05, 0) is 18.6 Å². The van der Waals surface area contributed by atoms with Crippen LogP contribution in [0, 0.1) is 0 Å². The van der Waals surface area contributed by atoms with E-state index in [2.05, 4.69) is 5.32 Å². The van der Waals surface area contributed by atoms with Gasteiger partial charge in [0.15, 0.2) is 0 Å². The zero-order chi connectivity index (χ0) is 18.1. The number of amides is 3. The highest BCUT2D eigenvalue weighted by atomic mass is 35.5. The molecule has 0 spiro atoms. The van der Waals surface area contributed by atoms with Crippen LogP contribution in [0.2, 0.25) is 5.02 Å². The number of urea groups is 1. The molecule has 1 N–H and O–H groups in total. The van der Waals surface area contributed by atoms with Gasteiger partial charge in [0.2, 0.25) is 5.91 Å². The van der Waals surface area contributed by atoms with Gasteiger partial charge in [-0.1, -0.05) is 23.7 Å². The lowest BCUT2D eigenvalue weighted by Crippen LogP contribution is -2.45. The average molecular weight is 364 g/mol. The Kier molecular flexibility index (Phi) is 5.27. The number of hydrogen-bond donors (Lipinski definition) is 1. The third-order valence-corrected chi connectivity index (χ3v) is 4.32. The van der Waals surface area contributed by atoms with Gasteiger partial charge in [-0.25, -0.2) is 4.79 Å². The number of likely N-dealkylation sites (N-methyl/N-ethyl adjacent to an activating group) is 2. The Morgan fingerprint density at radius 3 is 2.67 bits per heavy atom. The summed E-state index contributed by atoms with van der Waals surface area (Å²) in [6, 6.07) is 2.62. The molecule has 0 radical (unpaired) electrons. The summed E-state index contributed by atoms with van der Waals surface area (Å²) in [5, 5.41) is 2.12. The number of alkyl halides is 3. The van der Waals surface area contributed by atoms with Gasteiger partial charge in [0, 0.05) is 20.1 Å². The standard InChI is InChI=1S/C15H17ClF3N3O2/c1-3-22-11(8-21(2)14(22)24)13(23)20-7-9-5-4-6-10(12(9)16)15(17,18)19/h4-6,11H,3,7-8H2,1-2H3,(H,20,23)/t11-/m0/s1. The predicted molar refractivity (Wildman–Crippen MR) is 82.5 cm³/mol. The molecule has 1 fully saturated rings. The Labute approximate surface area is 142 Å². The van der Waals surface area contributed by atoms with Crippen molar-refractivity contribution in [1.82, 2.24) is 15.1 Å². The van der Waals surface area contributed by atoms with Crippen LogP contribution in [-0.4, -0.2) is 47.9 Å². The van der Waals surface area contributed by atoms with E-state index in [0.29, 0.717) is 6.54 Å². The fraction of sp³-hybridized carbons (Fsp3) is 0.467. The lowest BCUT2D eigenvalue weighted by molar-refractivity contribution is -0.137. The monoisotopic (exact) mass is 363 g/mol. The molecule has 1 aliphatic rings. The summed E-state index contributed by atoms with van der Waals surface area (Å²) in [5.74, 6) is -0.428. The molecule has 1 aliphatic heterocycles. The smallest absolute Gasteiger partial charge is 0.350 e. The minimum absolute atomic E-state index is 0.145. The number of nitrogens with zero attached hydrogens (tertiary/aromatic N) is 2. The van der Waals surface area contributed by atoms with E-state index in [4.69, 9.17) is 11.6 Å². The van der Waals surface area contributed by atoms with Crippen molar-refractivity contribution in [2.75, 3.05) is 20.1 Å². The molecule has 132 valence electrons. The van der Waals surface area contributed by atoms with Crippen LogP contribution < -0.4 is 5.32 Å². The van der Waals surface area contributed by atoms with Crippen molar-refractivity contribution in [1.29, 1.82) is 0 Å². The van der Waals surface area contributed by atoms with Crippen LogP contribution in [0.3, 0.4) is 0 Å². The Hall–Kier alpha value is -1.96. The largest absolute Gasteiger partial charge is 0.417 e. The first-order valence-electron chi connectivity index (χ1n) is 7.30. The molecule has 1 saturated heterocycles. The molecule has 0 aliphatic carbocycles. The van der Waals surface area contributed by atoms with Gasteiger partial charge in [0.1, 0.15) is 6.04 Å². The van der Waals surface area contributed by atoms with Gasteiger partial charge in [0.25, 0.3) is 0 Å². The fourth-order valence-corrected chi connectivity index (χ4v) is 2.90. The van der Waals surface area contributed by atoms with E-state index in [-0.39, 0.29) is 24.7 Å². The highest BCUT2D eigenvalue weighted by Crippen LogP contribution is 2.36. The minimum Gasteiger partial charge on any atom is -0.350 e. The molecule has 9 heteroatoms. The molecule has 24 heavy (non-hydrogen) atoms. The second-order valence-electron chi connectivity index (χ2n) is 5.46. The van der Waals surface area contributed by atoms with Crippen molar-refractivity contribution in [2.24, 2.45) is 0 Å². The van der Waals surface area contributed by atoms with Gasteiger partial charge in [0.05, 0.1) is 17.1 Å². The quantitative estimate of drug-likeness (QED) is 0.894. The second kappa shape index (κ2) is 6.88. The maximum absolute atomic E-state index is 12.8. The first-order chi connectivity index (χ1) is 11.2. The van der Waals surface area contributed by atoms with Gasteiger partial charge in [-0.15, -0.1) is 0 Å². The van der Waals surface area contributed by atoms with Crippen LogP contribution in [-0.2, 0) is 17.5 Å². The number of hydrogen-bond acceptors (Lipinski definition) is 2. The Morgan fingerprint density at radius 2 is 2.08 bits per heavy atom.